The van der Waals surface area contributed by atoms with Gasteiger partial charge in [0, 0.05) is 17.3 Å². The summed E-state index contributed by atoms with van der Waals surface area (Å²) < 4.78 is 38.9. The summed E-state index contributed by atoms with van der Waals surface area (Å²) in [6.45, 7) is 3.45. The molecule has 1 aromatic rings. The van der Waals surface area contributed by atoms with E-state index in [0.29, 0.717) is 12.1 Å². The zero-order valence-electron chi connectivity index (χ0n) is 13.6. The first-order valence-corrected chi connectivity index (χ1v) is 8.13. The highest BCUT2D eigenvalue weighted by Gasteiger charge is 2.42. The summed E-state index contributed by atoms with van der Waals surface area (Å²) in [5.74, 6) is -3.12. The Bertz CT molecular complexity index is 672. The summed E-state index contributed by atoms with van der Waals surface area (Å²) in [6.07, 6.45) is 0.520. The van der Waals surface area contributed by atoms with Gasteiger partial charge in [0.2, 0.25) is 0 Å². The van der Waals surface area contributed by atoms with Crippen molar-refractivity contribution >= 4 is 17.6 Å². The highest BCUT2D eigenvalue weighted by Crippen LogP contribution is 2.39. The molecule has 1 aliphatic carbocycles. The van der Waals surface area contributed by atoms with E-state index in [1.54, 1.807) is 24.8 Å². The van der Waals surface area contributed by atoms with E-state index in [0.717, 1.165) is 12.8 Å². The normalized spacial score (nSPS) is 18.3. The number of hydrogen-bond donors (Lipinski definition) is 0. The molecule has 0 amide bonds. The van der Waals surface area contributed by atoms with Crippen LogP contribution in [0, 0.1) is 11.6 Å². The van der Waals surface area contributed by atoms with E-state index in [1.807, 2.05) is 0 Å². The predicted octanol–water partition coefficient (Wildman–Crippen LogP) is 2.83. The molecule has 0 spiro atoms. The number of anilines is 1. The number of halogens is 2. The fraction of sp³-hybridized carbons (Fsp3) is 0.529. The Morgan fingerprint density at radius 1 is 1.08 bits per heavy atom. The van der Waals surface area contributed by atoms with Crippen LogP contribution in [-0.2, 0) is 31.9 Å². The molecule has 1 saturated carbocycles. The number of hydrogen-bond acceptors (Lipinski definition) is 5. The fourth-order valence-electron chi connectivity index (χ4n) is 2.92. The number of esters is 2. The van der Waals surface area contributed by atoms with Crippen molar-refractivity contribution in [2.75, 3.05) is 4.90 Å². The van der Waals surface area contributed by atoms with E-state index < -0.39 is 36.4 Å². The lowest BCUT2D eigenvalue weighted by Gasteiger charge is -2.35. The van der Waals surface area contributed by atoms with Crippen LogP contribution in [0.3, 0.4) is 0 Å². The first-order chi connectivity index (χ1) is 11.5. The number of aryl methyl sites for hydroxylation is 1. The average Bonchev–Trinajstić information content (AvgIpc) is 3.35. The van der Waals surface area contributed by atoms with Gasteiger partial charge >= 0.3 is 18.4 Å². The fourth-order valence-corrected chi connectivity index (χ4v) is 2.92. The topological polar surface area (TPSA) is 55.8 Å². The van der Waals surface area contributed by atoms with Crippen LogP contribution in [0.4, 0.5) is 14.5 Å². The molecular weight excluding hydrogens is 320 g/mol. The van der Waals surface area contributed by atoms with Crippen molar-refractivity contribution in [2.45, 2.75) is 58.4 Å². The highest BCUT2D eigenvalue weighted by atomic mass is 19.2. The zero-order valence-corrected chi connectivity index (χ0v) is 13.6. The minimum Gasteiger partial charge on any atom is -0.405 e. The van der Waals surface area contributed by atoms with E-state index in [1.165, 1.54) is 0 Å². The van der Waals surface area contributed by atoms with Crippen LogP contribution in [0.2, 0.25) is 0 Å². The third-order valence-electron chi connectivity index (χ3n) is 4.29. The van der Waals surface area contributed by atoms with Crippen LogP contribution in [0.5, 0.6) is 0 Å². The molecule has 24 heavy (non-hydrogen) atoms. The maximum atomic E-state index is 14.5. The first kappa shape index (κ1) is 16.7. The Morgan fingerprint density at radius 2 is 1.71 bits per heavy atom. The summed E-state index contributed by atoms with van der Waals surface area (Å²) in [5, 5.41) is 0. The maximum Gasteiger partial charge on any atom is 0.332 e. The molecule has 0 atom stereocenters. The molecule has 0 radical (unpaired) electrons. The maximum absolute atomic E-state index is 14.5. The second-order valence-electron chi connectivity index (χ2n) is 5.97. The molecule has 1 aromatic carbocycles. The van der Waals surface area contributed by atoms with Crippen molar-refractivity contribution in [2.24, 2.45) is 0 Å². The van der Waals surface area contributed by atoms with Gasteiger partial charge in [-0.2, -0.15) is 0 Å². The van der Waals surface area contributed by atoms with Crippen molar-refractivity contribution in [1.82, 2.24) is 0 Å². The zero-order chi connectivity index (χ0) is 17.4. The number of carbonyl (C=O) groups excluding carboxylic acids is 2. The molecular formula is C17H19F2NO4. The molecule has 3 rings (SSSR count). The number of carbonyl (C=O) groups is 2. The second kappa shape index (κ2) is 6.37. The van der Waals surface area contributed by atoms with Crippen molar-refractivity contribution in [3.05, 3.63) is 28.8 Å². The van der Waals surface area contributed by atoms with E-state index in [9.17, 15) is 18.4 Å². The van der Waals surface area contributed by atoms with Gasteiger partial charge in [-0.15, -0.1) is 0 Å². The van der Waals surface area contributed by atoms with Crippen LogP contribution in [0.15, 0.2) is 6.07 Å². The van der Waals surface area contributed by atoms with Gasteiger partial charge in [0.25, 0.3) is 0 Å². The molecule has 2 aliphatic rings. The Hall–Kier alpha value is -2.18. The Morgan fingerprint density at radius 3 is 2.21 bits per heavy atom. The van der Waals surface area contributed by atoms with Gasteiger partial charge in [-0.05, 0) is 37.3 Å². The van der Waals surface area contributed by atoms with Gasteiger partial charge in [0.05, 0.1) is 0 Å². The third kappa shape index (κ3) is 2.95. The lowest BCUT2D eigenvalue weighted by Crippen LogP contribution is -2.47. The molecule has 7 heteroatoms. The summed E-state index contributed by atoms with van der Waals surface area (Å²) in [5.41, 5.74) is 0.844. The van der Waals surface area contributed by atoms with E-state index in [2.05, 4.69) is 0 Å². The molecule has 2 fully saturated rings. The van der Waals surface area contributed by atoms with Crippen molar-refractivity contribution in [3.63, 3.8) is 0 Å². The molecule has 0 aromatic heterocycles. The third-order valence-corrected chi connectivity index (χ3v) is 4.29. The lowest BCUT2D eigenvalue weighted by atomic mass is 10.0. The highest BCUT2D eigenvalue weighted by molar-refractivity contribution is 5.93. The number of cyclic esters (lactones) is 2. The Kier molecular flexibility index (Phi) is 4.43. The molecule has 0 N–H and O–H groups in total. The number of nitrogens with zero attached hydrogens (tertiary/aromatic N) is 1. The monoisotopic (exact) mass is 339 g/mol. The molecule has 0 bridgehead atoms. The summed E-state index contributed by atoms with van der Waals surface area (Å²) in [4.78, 5) is 24.7. The van der Waals surface area contributed by atoms with Crippen LogP contribution in [0.25, 0.3) is 0 Å². The van der Waals surface area contributed by atoms with Crippen LogP contribution < -0.4 is 4.90 Å². The molecule has 0 unspecified atom stereocenters. The average molecular weight is 339 g/mol. The van der Waals surface area contributed by atoms with E-state index in [4.69, 9.17) is 9.47 Å². The Balaban J connectivity index is 2.07. The van der Waals surface area contributed by atoms with Gasteiger partial charge in [-0.3, -0.25) is 14.5 Å². The lowest BCUT2D eigenvalue weighted by molar-refractivity contribution is -0.203. The number of benzene rings is 1. The summed E-state index contributed by atoms with van der Waals surface area (Å²) >= 11 is 0. The minimum absolute atomic E-state index is 0.0337. The second-order valence-corrected chi connectivity index (χ2v) is 5.97. The predicted molar refractivity (Wildman–Crippen MR) is 81.2 cm³/mol. The molecule has 130 valence electrons. The Labute approximate surface area is 138 Å². The molecule has 5 nitrogen and oxygen atoms in total. The molecule has 1 saturated heterocycles. The summed E-state index contributed by atoms with van der Waals surface area (Å²) in [6, 6.07) is 1.53. The van der Waals surface area contributed by atoms with Crippen LogP contribution in [-0.4, -0.2) is 24.4 Å². The first-order valence-electron chi connectivity index (χ1n) is 8.13. The molecule has 1 aliphatic heterocycles. The van der Waals surface area contributed by atoms with Gasteiger partial charge in [0.15, 0.2) is 11.6 Å². The quantitative estimate of drug-likeness (QED) is 0.610. The van der Waals surface area contributed by atoms with Crippen molar-refractivity contribution in [1.29, 1.82) is 0 Å². The van der Waals surface area contributed by atoms with E-state index >= 15 is 0 Å². The van der Waals surface area contributed by atoms with Gasteiger partial charge in [-0.25, -0.2) is 8.78 Å². The van der Waals surface area contributed by atoms with Crippen molar-refractivity contribution < 1.29 is 27.8 Å². The van der Waals surface area contributed by atoms with Crippen LogP contribution >= 0.6 is 0 Å². The number of ether oxygens (including phenoxy) is 2. The molecule has 1 heterocycles. The number of rotatable bonds is 5. The summed E-state index contributed by atoms with van der Waals surface area (Å²) in [7, 11) is 0. The van der Waals surface area contributed by atoms with Crippen LogP contribution in [0.1, 0.15) is 44.2 Å². The standard InChI is InChI=1S/C17H19F2NO4/c1-3-9-7-12(11(4-2)16(19)15(9)18)20(10-5-6-10)17-23-13(21)8-14(22)24-17/h7,10,17H,3-6,8H2,1-2H3. The van der Waals surface area contributed by atoms with Gasteiger partial charge in [-0.1, -0.05) is 13.8 Å². The van der Waals surface area contributed by atoms with E-state index in [-0.39, 0.29) is 23.6 Å². The van der Waals surface area contributed by atoms with Gasteiger partial charge < -0.3 is 9.47 Å². The SMILES string of the molecule is CCc1cc(N(C2CC2)C2OC(=O)CC(=O)O2)c(CC)c(F)c1F. The smallest absolute Gasteiger partial charge is 0.332 e. The van der Waals surface area contributed by atoms with Crippen molar-refractivity contribution in [3.8, 4) is 0 Å². The minimum atomic E-state index is -1.23. The largest absolute Gasteiger partial charge is 0.405 e. The van der Waals surface area contributed by atoms with Gasteiger partial charge in [0.1, 0.15) is 6.42 Å².